The van der Waals surface area contributed by atoms with E-state index in [1.807, 2.05) is 0 Å². The zero-order valence-corrected chi connectivity index (χ0v) is 6.87. The first-order valence-electron chi connectivity index (χ1n) is 4.17. The summed E-state index contributed by atoms with van der Waals surface area (Å²) in [5.41, 5.74) is 0. The smallest absolute Gasteiger partial charge is 0.0297 e. The summed E-state index contributed by atoms with van der Waals surface area (Å²) in [4.78, 5) is 0. The van der Waals surface area contributed by atoms with Crippen LogP contribution < -0.4 is 0 Å². The molecule has 0 amide bonds. The number of hydrogen-bond acceptors (Lipinski definition) is 0. The molecule has 0 unspecified atom stereocenters. The van der Waals surface area contributed by atoms with Crippen molar-refractivity contribution in [3.05, 3.63) is 0 Å². The van der Waals surface area contributed by atoms with Crippen molar-refractivity contribution in [2.24, 2.45) is 5.92 Å². The van der Waals surface area contributed by atoms with Crippen LogP contribution >= 0.6 is 7.92 Å². The maximum atomic E-state index is 1.65. The van der Waals surface area contributed by atoms with E-state index in [0.717, 1.165) is 0 Å². The lowest BCUT2D eigenvalue weighted by molar-refractivity contribution is 0.458. The molecule has 0 aromatic rings. The second kappa shape index (κ2) is 2.58. The normalized spacial score (nSPS) is 42.7. The Hall–Kier alpha value is 0.430. The van der Waals surface area contributed by atoms with Gasteiger partial charge in [-0.25, -0.2) is 0 Å². The third-order valence-corrected chi connectivity index (χ3v) is 5.62. The summed E-state index contributed by atoms with van der Waals surface area (Å²) < 4.78 is 0. The Bertz CT molecular complexity index is 80.7. The van der Waals surface area contributed by atoms with Crippen LogP contribution in [0.2, 0.25) is 0 Å². The zero-order chi connectivity index (χ0) is 6.10. The predicted molar refractivity (Wildman–Crippen MR) is 43.5 cm³/mol. The van der Waals surface area contributed by atoms with Crippen molar-refractivity contribution in [3.8, 4) is 0 Å². The molecule has 9 heavy (non-hydrogen) atoms. The van der Waals surface area contributed by atoms with Crippen molar-refractivity contribution in [2.45, 2.75) is 25.7 Å². The van der Waals surface area contributed by atoms with Crippen LogP contribution in [0.1, 0.15) is 25.7 Å². The minimum absolute atomic E-state index is 0.578. The Morgan fingerprint density at radius 3 is 2.11 bits per heavy atom. The molecule has 2 heterocycles. The van der Waals surface area contributed by atoms with Gasteiger partial charge in [0.05, 0.1) is 0 Å². The Labute approximate surface area is 58.8 Å². The minimum Gasteiger partial charge on any atom is -0.106 e. The topological polar surface area (TPSA) is 0 Å². The lowest BCUT2D eigenvalue weighted by Gasteiger charge is -2.34. The SMILES string of the molecule is C1CC2CCCP(C1)C2. The molecule has 0 atom stereocenters. The molecule has 0 spiro atoms. The summed E-state index contributed by atoms with van der Waals surface area (Å²) in [7, 11) is 0.578. The molecule has 0 saturated carbocycles. The third kappa shape index (κ3) is 1.29. The highest BCUT2D eigenvalue weighted by molar-refractivity contribution is 7.57. The quantitative estimate of drug-likeness (QED) is 0.456. The van der Waals surface area contributed by atoms with Crippen LogP contribution in [0, 0.1) is 5.92 Å². The first-order chi connectivity index (χ1) is 4.45. The summed E-state index contributed by atoms with van der Waals surface area (Å²) in [5, 5.41) is 0. The summed E-state index contributed by atoms with van der Waals surface area (Å²) >= 11 is 0. The zero-order valence-electron chi connectivity index (χ0n) is 5.97. The lowest BCUT2D eigenvalue weighted by atomic mass is 10.00. The van der Waals surface area contributed by atoms with E-state index in [1.54, 1.807) is 44.2 Å². The summed E-state index contributed by atoms with van der Waals surface area (Å²) in [6.07, 6.45) is 11.2. The van der Waals surface area contributed by atoms with Gasteiger partial charge in [0.1, 0.15) is 0 Å². The van der Waals surface area contributed by atoms with Crippen molar-refractivity contribution < 1.29 is 0 Å². The second-order valence-corrected chi connectivity index (χ2v) is 6.05. The maximum absolute atomic E-state index is 1.65. The van der Waals surface area contributed by atoms with Gasteiger partial charge in [0.15, 0.2) is 0 Å². The van der Waals surface area contributed by atoms with E-state index in [0.29, 0.717) is 7.92 Å². The highest BCUT2D eigenvalue weighted by atomic mass is 31.1. The Morgan fingerprint density at radius 1 is 1.00 bits per heavy atom. The molecule has 52 valence electrons. The van der Waals surface area contributed by atoms with E-state index in [-0.39, 0.29) is 0 Å². The molecular weight excluding hydrogens is 127 g/mol. The van der Waals surface area contributed by atoms with Gasteiger partial charge >= 0.3 is 0 Å². The minimum atomic E-state index is 0.578. The average molecular weight is 142 g/mol. The fourth-order valence-electron chi connectivity index (χ4n) is 2.19. The molecular formula is C8H15P. The second-order valence-electron chi connectivity index (χ2n) is 3.45. The van der Waals surface area contributed by atoms with Crippen LogP contribution in [-0.2, 0) is 0 Å². The molecule has 0 aliphatic carbocycles. The fourth-order valence-corrected chi connectivity index (χ4v) is 5.14. The fraction of sp³-hybridized carbons (Fsp3) is 1.00. The summed E-state index contributed by atoms with van der Waals surface area (Å²) in [5.74, 6) is 1.18. The van der Waals surface area contributed by atoms with Crippen LogP contribution in [0.15, 0.2) is 0 Å². The molecule has 2 bridgehead atoms. The maximum Gasteiger partial charge on any atom is -0.0297 e. The first-order valence-corrected chi connectivity index (χ1v) is 6.07. The lowest BCUT2D eigenvalue weighted by Crippen LogP contribution is -2.19. The third-order valence-electron chi connectivity index (χ3n) is 2.69. The van der Waals surface area contributed by atoms with E-state index < -0.39 is 0 Å². The van der Waals surface area contributed by atoms with E-state index in [1.165, 1.54) is 5.92 Å². The van der Waals surface area contributed by atoms with Crippen molar-refractivity contribution in [1.82, 2.24) is 0 Å². The molecule has 2 aliphatic rings. The Morgan fingerprint density at radius 2 is 1.67 bits per heavy atom. The van der Waals surface area contributed by atoms with Crippen LogP contribution in [0.5, 0.6) is 0 Å². The average Bonchev–Trinajstić information content (AvgIpc) is 1.88. The van der Waals surface area contributed by atoms with Gasteiger partial charge in [-0.15, -0.1) is 7.92 Å². The van der Waals surface area contributed by atoms with Crippen LogP contribution in [-0.4, -0.2) is 18.5 Å². The monoisotopic (exact) mass is 142 g/mol. The van der Waals surface area contributed by atoms with E-state index in [2.05, 4.69) is 0 Å². The standard InChI is InChI=1S/C8H15P/c1-3-8-4-2-6-9(5-1)7-8/h8H,1-7H2. The number of fused-ring (bicyclic) bond motifs is 2. The van der Waals surface area contributed by atoms with E-state index in [4.69, 9.17) is 0 Å². The predicted octanol–water partition coefficient (Wildman–Crippen LogP) is 2.67. The molecule has 2 saturated heterocycles. The first kappa shape index (κ1) is 6.16. The van der Waals surface area contributed by atoms with Gasteiger partial charge in [-0.05, 0) is 50.1 Å². The van der Waals surface area contributed by atoms with E-state index in [9.17, 15) is 0 Å². The van der Waals surface area contributed by atoms with Gasteiger partial charge in [-0.2, -0.15) is 0 Å². The summed E-state index contributed by atoms with van der Waals surface area (Å²) in [6, 6.07) is 0. The molecule has 0 radical (unpaired) electrons. The summed E-state index contributed by atoms with van der Waals surface area (Å²) in [6.45, 7) is 0. The van der Waals surface area contributed by atoms with Gasteiger partial charge in [0.25, 0.3) is 0 Å². The Balaban J connectivity index is 1.96. The molecule has 1 heteroatoms. The van der Waals surface area contributed by atoms with Crippen molar-refractivity contribution in [2.75, 3.05) is 18.5 Å². The number of hydrogen-bond donors (Lipinski definition) is 0. The molecule has 2 rings (SSSR count). The highest BCUT2D eigenvalue weighted by Gasteiger charge is 2.24. The molecule has 0 aromatic heterocycles. The van der Waals surface area contributed by atoms with Gasteiger partial charge in [0, 0.05) is 0 Å². The molecule has 2 aliphatic heterocycles. The Kier molecular flexibility index (Phi) is 1.77. The van der Waals surface area contributed by atoms with Crippen LogP contribution in [0.25, 0.3) is 0 Å². The number of rotatable bonds is 0. The van der Waals surface area contributed by atoms with E-state index >= 15 is 0 Å². The van der Waals surface area contributed by atoms with Crippen LogP contribution in [0.4, 0.5) is 0 Å². The van der Waals surface area contributed by atoms with Gasteiger partial charge < -0.3 is 0 Å². The molecule has 0 nitrogen and oxygen atoms in total. The van der Waals surface area contributed by atoms with Gasteiger partial charge in [-0.1, -0.05) is 0 Å². The van der Waals surface area contributed by atoms with Gasteiger partial charge in [0.2, 0.25) is 0 Å². The molecule has 0 aromatic carbocycles. The van der Waals surface area contributed by atoms with Crippen molar-refractivity contribution in [1.29, 1.82) is 0 Å². The largest absolute Gasteiger partial charge is 0.106 e. The van der Waals surface area contributed by atoms with Crippen molar-refractivity contribution in [3.63, 3.8) is 0 Å². The van der Waals surface area contributed by atoms with Gasteiger partial charge in [-0.3, -0.25) is 0 Å². The van der Waals surface area contributed by atoms with Crippen molar-refractivity contribution >= 4 is 7.92 Å². The molecule has 2 fully saturated rings. The highest BCUT2D eigenvalue weighted by Crippen LogP contribution is 2.49. The molecule has 0 N–H and O–H groups in total. The van der Waals surface area contributed by atoms with Crippen LogP contribution in [0.3, 0.4) is 0 Å².